The Hall–Kier alpha value is -2.59. The summed E-state index contributed by atoms with van der Waals surface area (Å²) < 4.78 is 0. The van der Waals surface area contributed by atoms with Crippen molar-refractivity contribution in [2.75, 3.05) is 12.0 Å². The predicted molar refractivity (Wildman–Crippen MR) is 111 cm³/mol. The number of carboxylic acids is 1. The molecule has 0 aliphatic heterocycles. The number of carboxylic acid groups (broad SMARTS) is 1. The Bertz CT molecular complexity index is 701. The number of primary amides is 1. The monoisotopic (exact) mass is 424 g/mol. The molecule has 0 spiro atoms. The predicted octanol–water partition coefficient (Wildman–Crippen LogP) is -0.371. The molecular formula is C19H28N4O5S. The zero-order valence-electron chi connectivity index (χ0n) is 16.3. The van der Waals surface area contributed by atoms with Crippen molar-refractivity contribution in [1.82, 2.24) is 10.6 Å². The molecule has 0 saturated carbocycles. The van der Waals surface area contributed by atoms with Gasteiger partial charge in [-0.1, -0.05) is 30.3 Å². The molecule has 0 unspecified atom stereocenters. The minimum atomic E-state index is -1.14. The molecule has 0 fully saturated rings. The highest BCUT2D eigenvalue weighted by Crippen LogP contribution is 2.07. The van der Waals surface area contributed by atoms with E-state index in [1.165, 1.54) is 11.8 Å². The van der Waals surface area contributed by atoms with Crippen LogP contribution in [0.4, 0.5) is 0 Å². The molecule has 0 saturated heterocycles. The second-order valence-electron chi connectivity index (χ2n) is 6.54. The van der Waals surface area contributed by atoms with Crippen molar-refractivity contribution in [3.63, 3.8) is 0 Å². The van der Waals surface area contributed by atoms with Crippen LogP contribution in [0.1, 0.15) is 24.8 Å². The van der Waals surface area contributed by atoms with Gasteiger partial charge in [0.25, 0.3) is 0 Å². The summed E-state index contributed by atoms with van der Waals surface area (Å²) in [6, 6.07) is 5.91. The third kappa shape index (κ3) is 9.44. The SMILES string of the molecule is CSCC[C@H](NC(=O)[C@H](Cc1ccccc1)NC(=O)[C@@H](N)CCC(N)=O)C(=O)O. The zero-order chi connectivity index (χ0) is 21.8. The fraction of sp³-hybridized carbons (Fsp3) is 0.474. The van der Waals surface area contributed by atoms with Crippen molar-refractivity contribution in [1.29, 1.82) is 0 Å². The molecule has 0 bridgehead atoms. The molecule has 0 radical (unpaired) electrons. The van der Waals surface area contributed by atoms with Crippen LogP contribution >= 0.6 is 11.8 Å². The highest BCUT2D eigenvalue weighted by atomic mass is 32.2. The van der Waals surface area contributed by atoms with Gasteiger partial charge >= 0.3 is 5.97 Å². The molecular weight excluding hydrogens is 396 g/mol. The van der Waals surface area contributed by atoms with Gasteiger partial charge in [-0.25, -0.2) is 4.79 Å². The number of nitrogens with two attached hydrogens (primary N) is 2. The first-order valence-corrected chi connectivity index (χ1v) is 10.5. The number of carbonyl (C=O) groups excluding carboxylic acids is 3. The summed E-state index contributed by atoms with van der Waals surface area (Å²) in [5, 5.41) is 14.4. The lowest BCUT2D eigenvalue weighted by Crippen LogP contribution is -2.55. The molecule has 1 aromatic carbocycles. The first-order chi connectivity index (χ1) is 13.7. The van der Waals surface area contributed by atoms with E-state index in [4.69, 9.17) is 11.5 Å². The maximum absolute atomic E-state index is 12.7. The van der Waals surface area contributed by atoms with Crippen molar-refractivity contribution in [2.45, 2.75) is 43.8 Å². The van der Waals surface area contributed by atoms with Crippen LogP contribution in [0.5, 0.6) is 0 Å². The van der Waals surface area contributed by atoms with Gasteiger partial charge in [0.2, 0.25) is 17.7 Å². The molecule has 10 heteroatoms. The number of hydrogen-bond acceptors (Lipinski definition) is 6. The van der Waals surface area contributed by atoms with E-state index in [0.717, 1.165) is 5.56 Å². The number of benzene rings is 1. The summed E-state index contributed by atoms with van der Waals surface area (Å²) in [7, 11) is 0. The van der Waals surface area contributed by atoms with E-state index in [-0.39, 0.29) is 25.7 Å². The maximum atomic E-state index is 12.7. The first-order valence-electron chi connectivity index (χ1n) is 9.14. The molecule has 1 aromatic rings. The highest BCUT2D eigenvalue weighted by Gasteiger charge is 2.28. The van der Waals surface area contributed by atoms with E-state index >= 15 is 0 Å². The summed E-state index contributed by atoms with van der Waals surface area (Å²) in [6.45, 7) is 0. The van der Waals surface area contributed by atoms with Crippen LogP contribution in [0, 0.1) is 0 Å². The fourth-order valence-corrected chi connectivity index (χ4v) is 3.00. The lowest BCUT2D eigenvalue weighted by Gasteiger charge is -2.23. The summed E-state index contributed by atoms with van der Waals surface area (Å²) >= 11 is 1.47. The van der Waals surface area contributed by atoms with Gasteiger partial charge in [-0.3, -0.25) is 14.4 Å². The smallest absolute Gasteiger partial charge is 0.326 e. The number of nitrogens with one attached hydrogen (secondary N) is 2. The Morgan fingerprint density at radius 3 is 2.21 bits per heavy atom. The number of amides is 3. The minimum absolute atomic E-state index is 0.0479. The van der Waals surface area contributed by atoms with Gasteiger partial charge in [0.15, 0.2) is 0 Å². The molecule has 3 amide bonds. The summed E-state index contributed by atoms with van der Waals surface area (Å²) in [6.07, 6.45) is 2.25. The van der Waals surface area contributed by atoms with Gasteiger partial charge in [0.1, 0.15) is 12.1 Å². The van der Waals surface area contributed by atoms with E-state index in [1.54, 1.807) is 24.3 Å². The zero-order valence-corrected chi connectivity index (χ0v) is 17.1. The average Bonchev–Trinajstić information content (AvgIpc) is 2.68. The van der Waals surface area contributed by atoms with Gasteiger partial charge in [-0.05, 0) is 30.4 Å². The topological polar surface area (TPSA) is 165 Å². The van der Waals surface area contributed by atoms with E-state index in [2.05, 4.69) is 10.6 Å². The van der Waals surface area contributed by atoms with Crippen molar-refractivity contribution in [3.05, 3.63) is 35.9 Å². The van der Waals surface area contributed by atoms with Crippen LogP contribution in [0.15, 0.2) is 30.3 Å². The van der Waals surface area contributed by atoms with Crippen molar-refractivity contribution in [3.8, 4) is 0 Å². The van der Waals surface area contributed by atoms with Gasteiger partial charge in [0, 0.05) is 12.8 Å². The molecule has 0 heterocycles. The van der Waals surface area contributed by atoms with E-state index in [1.807, 2.05) is 12.3 Å². The molecule has 3 atom stereocenters. The van der Waals surface area contributed by atoms with Crippen LogP contribution in [-0.4, -0.2) is 58.9 Å². The molecule has 0 aliphatic rings. The summed E-state index contributed by atoms with van der Waals surface area (Å²) in [5.74, 6) is -2.39. The average molecular weight is 425 g/mol. The van der Waals surface area contributed by atoms with Crippen LogP contribution in [0.3, 0.4) is 0 Å². The second-order valence-corrected chi connectivity index (χ2v) is 7.53. The summed E-state index contributed by atoms with van der Waals surface area (Å²) in [5.41, 5.74) is 11.6. The van der Waals surface area contributed by atoms with Crippen molar-refractivity contribution >= 4 is 35.5 Å². The van der Waals surface area contributed by atoms with E-state index in [9.17, 15) is 24.3 Å². The number of rotatable bonds is 13. The molecule has 0 aliphatic carbocycles. The Kier molecular flexibility index (Phi) is 10.8. The van der Waals surface area contributed by atoms with E-state index < -0.39 is 41.8 Å². The molecule has 0 aromatic heterocycles. The molecule has 29 heavy (non-hydrogen) atoms. The van der Waals surface area contributed by atoms with Gasteiger partial charge < -0.3 is 27.2 Å². The Balaban J connectivity index is 2.88. The van der Waals surface area contributed by atoms with Gasteiger partial charge in [-0.2, -0.15) is 11.8 Å². The Morgan fingerprint density at radius 2 is 1.66 bits per heavy atom. The molecule has 160 valence electrons. The number of hydrogen-bond donors (Lipinski definition) is 5. The minimum Gasteiger partial charge on any atom is -0.480 e. The second kappa shape index (κ2) is 12.8. The fourth-order valence-electron chi connectivity index (χ4n) is 2.53. The number of aliphatic carboxylic acids is 1. The van der Waals surface area contributed by atoms with E-state index in [0.29, 0.717) is 5.75 Å². The molecule has 7 N–H and O–H groups in total. The first kappa shape index (κ1) is 24.4. The highest BCUT2D eigenvalue weighted by molar-refractivity contribution is 7.98. The van der Waals surface area contributed by atoms with Crippen LogP contribution in [-0.2, 0) is 25.6 Å². The Morgan fingerprint density at radius 1 is 1.03 bits per heavy atom. The Labute approximate surface area is 174 Å². The third-order valence-electron chi connectivity index (χ3n) is 4.18. The number of carbonyl (C=O) groups is 4. The lowest BCUT2D eigenvalue weighted by atomic mass is 10.0. The van der Waals surface area contributed by atoms with Gasteiger partial charge in [-0.15, -0.1) is 0 Å². The number of thioether (sulfide) groups is 1. The van der Waals surface area contributed by atoms with Crippen molar-refractivity contribution < 1.29 is 24.3 Å². The maximum Gasteiger partial charge on any atom is 0.326 e. The third-order valence-corrected chi connectivity index (χ3v) is 4.82. The quantitative estimate of drug-likeness (QED) is 0.288. The summed E-state index contributed by atoms with van der Waals surface area (Å²) in [4.78, 5) is 47.4. The lowest BCUT2D eigenvalue weighted by molar-refractivity contribution is -0.142. The van der Waals surface area contributed by atoms with Crippen molar-refractivity contribution in [2.24, 2.45) is 11.5 Å². The standard InChI is InChI=1S/C19H28N4O5S/c1-29-10-9-14(19(27)28)22-18(26)15(11-12-5-3-2-4-6-12)23-17(25)13(20)7-8-16(21)24/h2-6,13-15H,7-11,20H2,1H3,(H2,21,24)(H,22,26)(H,23,25)(H,27,28)/t13-,14-,15-/m0/s1. The van der Waals surface area contributed by atoms with Gasteiger partial charge in [0.05, 0.1) is 6.04 Å². The largest absolute Gasteiger partial charge is 0.480 e. The van der Waals surface area contributed by atoms with Crippen LogP contribution < -0.4 is 22.1 Å². The van der Waals surface area contributed by atoms with Crippen LogP contribution in [0.2, 0.25) is 0 Å². The molecule has 9 nitrogen and oxygen atoms in total. The normalized spacial score (nSPS) is 13.7. The molecule has 1 rings (SSSR count). The van der Waals surface area contributed by atoms with Crippen LogP contribution in [0.25, 0.3) is 0 Å².